The highest BCUT2D eigenvalue weighted by Gasteiger charge is 2.47. The molecule has 3 aromatic carbocycles. The number of benzene rings is 3. The molecule has 0 saturated carbocycles. The number of aliphatic hydroxyl groups is 1. The van der Waals surface area contributed by atoms with Crippen LogP contribution in [0.1, 0.15) is 31.1 Å². The van der Waals surface area contributed by atoms with Crippen LogP contribution < -0.4 is 0 Å². The van der Waals surface area contributed by atoms with Crippen LogP contribution in [0.2, 0.25) is 0 Å². The van der Waals surface area contributed by atoms with Crippen molar-refractivity contribution in [2.75, 3.05) is 6.61 Å². The molecular weight excluding hydrogens is 440 g/mol. The molecule has 1 aliphatic heterocycles. The van der Waals surface area contributed by atoms with Gasteiger partial charge in [-0.05, 0) is 36.4 Å². The Labute approximate surface area is 195 Å². The van der Waals surface area contributed by atoms with E-state index in [0.29, 0.717) is 0 Å². The maximum atomic E-state index is 12.8. The summed E-state index contributed by atoms with van der Waals surface area (Å²) in [5.74, 6) is -2.18. The summed E-state index contributed by atoms with van der Waals surface area (Å²) >= 11 is 0. The number of carbonyl (C=O) groups excluding carboxylic acids is 3. The second kappa shape index (κ2) is 10.7. The van der Waals surface area contributed by atoms with Gasteiger partial charge in [0.05, 0.1) is 23.3 Å². The van der Waals surface area contributed by atoms with Gasteiger partial charge in [0, 0.05) is 0 Å². The lowest BCUT2D eigenvalue weighted by Crippen LogP contribution is -2.57. The number of carbonyl (C=O) groups is 3. The predicted octanol–water partition coefficient (Wildman–Crippen LogP) is 3.01. The van der Waals surface area contributed by atoms with Gasteiger partial charge in [-0.15, -0.1) is 0 Å². The molecule has 4 rings (SSSR count). The number of esters is 3. The molecule has 8 nitrogen and oxygen atoms in total. The summed E-state index contributed by atoms with van der Waals surface area (Å²) in [6.45, 7) is -0.272. The molecule has 0 amide bonds. The van der Waals surface area contributed by atoms with Crippen molar-refractivity contribution in [1.29, 1.82) is 0 Å². The molecule has 1 heterocycles. The quantitative estimate of drug-likeness (QED) is 0.440. The van der Waals surface area contributed by atoms with Crippen LogP contribution >= 0.6 is 0 Å². The summed E-state index contributed by atoms with van der Waals surface area (Å²) in [5.41, 5.74) is 0.746. The molecule has 0 aromatic heterocycles. The van der Waals surface area contributed by atoms with Gasteiger partial charge in [0.15, 0.2) is 24.6 Å². The van der Waals surface area contributed by atoms with Crippen LogP contribution in [-0.2, 0) is 18.9 Å². The number of ether oxygens (including phenoxy) is 4. The molecule has 174 valence electrons. The second-order valence-electron chi connectivity index (χ2n) is 7.51. The van der Waals surface area contributed by atoms with Crippen molar-refractivity contribution in [3.63, 3.8) is 0 Å². The van der Waals surface area contributed by atoms with Gasteiger partial charge in [-0.2, -0.15) is 0 Å². The first-order chi connectivity index (χ1) is 16.5. The summed E-state index contributed by atoms with van der Waals surface area (Å²) in [6, 6.07) is 24.5. The molecule has 1 unspecified atom stereocenters. The second-order valence-corrected chi connectivity index (χ2v) is 7.51. The fourth-order valence-electron chi connectivity index (χ4n) is 3.44. The van der Waals surface area contributed by atoms with E-state index in [1.54, 1.807) is 78.9 Å². The standard InChI is InChI=1S/C26H22O8/c27-23(17-10-4-1-5-11-17)32-20-16-31-26(30)22(34-25(29)19-14-8-3-9-15-19)21(20)33-24(28)18-12-6-2-7-13-18/h1-15,20-22,26,30H,16H2/t20-,21?,22+,26-/m1/s1. The summed E-state index contributed by atoms with van der Waals surface area (Å²) in [5, 5.41) is 10.5. The summed E-state index contributed by atoms with van der Waals surface area (Å²) in [7, 11) is 0. The third-order valence-corrected chi connectivity index (χ3v) is 5.18. The third-order valence-electron chi connectivity index (χ3n) is 5.18. The van der Waals surface area contributed by atoms with Gasteiger partial charge in [0.2, 0.25) is 0 Å². The van der Waals surface area contributed by atoms with Crippen molar-refractivity contribution in [2.45, 2.75) is 24.6 Å². The predicted molar refractivity (Wildman–Crippen MR) is 119 cm³/mol. The van der Waals surface area contributed by atoms with E-state index in [9.17, 15) is 19.5 Å². The van der Waals surface area contributed by atoms with E-state index in [4.69, 9.17) is 18.9 Å². The zero-order valence-electron chi connectivity index (χ0n) is 18.0. The topological polar surface area (TPSA) is 108 Å². The fraction of sp³-hybridized carbons (Fsp3) is 0.192. The minimum absolute atomic E-state index is 0.228. The molecule has 1 saturated heterocycles. The maximum Gasteiger partial charge on any atom is 0.338 e. The van der Waals surface area contributed by atoms with E-state index >= 15 is 0 Å². The highest BCUT2D eigenvalue weighted by molar-refractivity contribution is 5.91. The normalized spacial score (nSPS) is 21.8. The Morgan fingerprint density at radius 3 is 1.44 bits per heavy atom. The van der Waals surface area contributed by atoms with E-state index < -0.39 is 42.5 Å². The molecule has 1 fully saturated rings. The van der Waals surface area contributed by atoms with Crippen molar-refractivity contribution < 1.29 is 38.4 Å². The summed E-state index contributed by atoms with van der Waals surface area (Å²) < 4.78 is 21.9. The molecular formula is C26H22O8. The Kier molecular flexibility index (Phi) is 7.31. The number of aliphatic hydroxyl groups excluding tert-OH is 1. The molecule has 0 aliphatic carbocycles. The van der Waals surface area contributed by atoms with Gasteiger partial charge in [-0.3, -0.25) is 0 Å². The van der Waals surface area contributed by atoms with Crippen molar-refractivity contribution in [3.05, 3.63) is 108 Å². The maximum absolute atomic E-state index is 12.8. The van der Waals surface area contributed by atoms with Gasteiger partial charge in [-0.1, -0.05) is 54.6 Å². The average Bonchev–Trinajstić information content (AvgIpc) is 2.89. The Balaban J connectivity index is 1.59. The van der Waals surface area contributed by atoms with Gasteiger partial charge in [0.25, 0.3) is 0 Å². The minimum Gasteiger partial charge on any atom is -0.452 e. The first-order valence-electron chi connectivity index (χ1n) is 10.6. The molecule has 0 radical (unpaired) electrons. The molecule has 1 aliphatic rings. The van der Waals surface area contributed by atoms with Crippen LogP contribution in [0, 0.1) is 0 Å². The first-order valence-corrected chi connectivity index (χ1v) is 10.6. The lowest BCUT2D eigenvalue weighted by atomic mass is 10.0. The van der Waals surface area contributed by atoms with Crippen LogP contribution in [0.25, 0.3) is 0 Å². The summed E-state index contributed by atoms with van der Waals surface area (Å²) in [4.78, 5) is 38.1. The zero-order chi connectivity index (χ0) is 23.9. The van der Waals surface area contributed by atoms with Gasteiger partial charge in [0.1, 0.15) is 0 Å². The molecule has 0 bridgehead atoms. The Bertz CT molecular complexity index is 1120. The zero-order valence-corrected chi connectivity index (χ0v) is 18.0. The van der Waals surface area contributed by atoms with Crippen molar-refractivity contribution >= 4 is 17.9 Å². The van der Waals surface area contributed by atoms with Gasteiger partial charge < -0.3 is 24.1 Å². The van der Waals surface area contributed by atoms with E-state index in [2.05, 4.69) is 0 Å². The van der Waals surface area contributed by atoms with Crippen molar-refractivity contribution in [1.82, 2.24) is 0 Å². The molecule has 8 heteroatoms. The molecule has 3 aromatic rings. The van der Waals surface area contributed by atoms with Gasteiger partial charge >= 0.3 is 17.9 Å². The molecule has 0 spiro atoms. The van der Waals surface area contributed by atoms with E-state index in [0.717, 1.165) is 0 Å². The molecule has 1 N–H and O–H groups in total. The minimum atomic E-state index is -1.60. The van der Waals surface area contributed by atoms with E-state index in [1.807, 2.05) is 0 Å². The van der Waals surface area contributed by atoms with Crippen LogP contribution in [0.5, 0.6) is 0 Å². The van der Waals surface area contributed by atoms with E-state index in [1.165, 1.54) is 12.1 Å². The van der Waals surface area contributed by atoms with Crippen molar-refractivity contribution in [3.8, 4) is 0 Å². The largest absolute Gasteiger partial charge is 0.452 e. The summed E-state index contributed by atoms with van der Waals surface area (Å²) in [6.07, 6.45) is -5.51. The lowest BCUT2D eigenvalue weighted by molar-refractivity contribution is -0.251. The smallest absolute Gasteiger partial charge is 0.338 e. The SMILES string of the molecule is O=C(OC1[C@H](OC(=O)c2ccccc2)CO[C@@H](O)[C@H]1OC(=O)c1ccccc1)c1ccccc1. The first kappa shape index (κ1) is 23.2. The number of hydrogen-bond acceptors (Lipinski definition) is 8. The number of rotatable bonds is 6. The van der Waals surface area contributed by atoms with Crippen LogP contribution in [0.4, 0.5) is 0 Å². The average molecular weight is 462 g/mol. The Hall–Kier alpha value is -4.01. The molecule has 34 heavy (non-hydrogen) atoms. The van der Waals surface area contributed by atoms with Crippen molar-refractivity contribution in [2.24, 2.45) is 0 Å². The van der Waals surface area contributed by atoms with Crippen LogP contribution in [0.3, 0.4) is 0 Å². The monoisotopic (exact) mass is 462 g/mol. The van der Waals surface area contributed by atoms with Crippen LogP contribution in [0.15, 0.2) is 91.0 Å². The highest BCUT2D eigenvalue weighted by Crippen LogP contribution is 2.25. The fourth-order valence-corrected chi connectivity index (χ4v) is 3.44. The highest BCUT2D eigenvalue weighted by atomic mass is 16.7. The van der Waals surface area contributed by atoms with E-state index in [-0.39, 0.29) is 23.3 Å². The Morgan fingerprint density at radius 2 is 1.00 bits per heavy atom. The van der Waals surface area contributed by atoms with Gasteiger partial charge in [-0.25, -0.2) is 14.4 Å². The molecule has 4 atom stereocenters. The third kappa shape index (κ3) is 5.48. The lowest BCUT2D eigenvalue weighted by Gasteiger charge is -2.38. The van der Waals surface area contributed by atoms with Crippen LogP contribution in [-0.4, -0.2) is 54.2 Å². The number of hydrogen-bond donors (Lipinski definition) is 1. The Morgan fingerprint density at radius 1 is 0.618 bits per heavy atom.